The van der Waals surface area contributed by atoms with Crippen LogP contribution in [0.5, 0.6) is 0 Å². The highest BCUT2D eigenvalue weighted by Crippen LogP contribution is 2.29. The van der Waals surface area contributed by atoms with Crippen LogP contribution in [-0.4, -0.2) is 5.11 Å². The van der Waals surface area contributed by atoms with Gasteiger partial charge in [0.25, 0.3) is 0 Å². The van der Waals surface area contributed by atoms with Crippen LogP contribution in [0.1, 0.15) is 38.0 Å². The quantitative estimate of drug-likeness (QED) is 0.762. The molecule has 0 radical (unpaired) electrons. The van der Waals surface area contributed by atoms with Crippen molar-refractivity contribution in [2.75, 3.05) is 0 Å². The average Bonchev–Trinajstić information content (AvgIpc) is 2.53. The second kappa shape index (κ2) is 4.06. The Labute approximate surface area is 78.1 Å². The lowest BCUT2D eigenvalue weighted by Crippen LogP contribution is -2.19. The fraction of sp³-hybridized carbons (Fsp3) is 0.600. The van der Waals surface area contributed by atoms with Gasteiger partial charge in [0.15, 0.2) is 0 Å². The Kier molecular flexibility index (Phi) is 3.29. The summed E-state index contributed by atoms with van der Waals surface area (Å²) in [5.41, 5.74) is -0.607. The van der Waals surface area contributed by atoms with Crippen LogP contribution in [0.2, 0.25) is 0 Å². The van der Waals surface area contributed by atoms with Crippen LogP contribution in [0.3, 0.4) is 0 Å². The second-order valence-corrected chi connectivity index (χ2v) is 4.30. The van der Waals surface area contributed by atoms with E-state index in [1.165, 1.54) is 0 Å². The Morgan fingerprint density at radius 3 is 2.83 bits per heavy atom. The summed E-state index contributed by atoms with van der Waals surface area (Å²) in [6.07, 6.45) is 3.09. The molecule has 0 amide bonds. The standard InChI is InChI=1S/C10H16OS/c1-3-4-7-10(2,11)9-6-5-8-12-9/h5-6,8,11H,3-4,7H2,1-2H3. The highest BCUT2D eigenvalue weighted by atomic mass is 32.1. The van der Waals surface area contributed by atoms with Crippen LogP contribution in [0, 0.1) is 0 Å². The summed E-state index contributed by atoms with van der Waals surface area (Å²) in [6, 6.07) is 3.99. The van der Waals surface area contributed by atoms with Crippen LogP contribution in [0.25, 0.3) is 0 Å². The number of unbranched alkanes of at least 4 members (excludes halogenated alkanes) is 1. The molecule has 1 aromatic heterocycles. The van der Waals surface area contributed by atoms with Gasteiger partial charge in [0.1, 0.15) is 0 Å². The van der Waals surface area contributed by atoms with E-state index in [-0.39, 0.29) is 0 Å². The van der Waals surface area contributed by atoms with Crippen LogP contribution >= 0.6 is 11.3 Å². The summed E-state index contributed by atoms with van der Waals surface area (Å²) >= 11 is 1.63. The molecule has 0 aromatic carbocycles. The molecule has 0 aliphatic carbocycles. The molecule has 1 N–H and O–H groups in total. The fourth-order valence-corrected chi connectivity index (χ4v) is 2.05. The van der Waals surface area contributed by atoms with E-state index in [0.29, 0.717) is 0 Å². The van der Waals surface area contributed by atoms with E-state index in [2.05, 4.69) is 6.92 Å². The molecule has 0 saturated carbocycles. The van der Waals surface area contributed by atoms with Crippen molar-refractivity contribution >= 4 is 11.3 Å². The first-order chi connectivity index (χ1) is 5.67. The molecule has 1 rings (SSSR count). The van der Waals surface area contributed by atoms with E-state index in [1.807, 2.05) is 24.4 Å². The number of hydrogen-bond donors (Lipinski definition) is 1. The van der Waals surface area contributed by atoms with E-state index in [9.17, 15) is 5.11 Å². The molecular formula is C10H16OS. The Morgan fingerprint density at radius 1 is 1.58 bits per heavy atom. The van der Waals surface area contributed by atoms with E-state index >= 15 is 0 Å². The number of thiophene rings is 1. The highest BCUT2D eigenvalue weighted by molar-refractivity contribution is 7.10. The summed E-state index contributed by atoms with van der Waals surface area (Å²) in [6.45, 7) is 4.04. The number of aliphatic hydroxyl groups is 1. The molecule has 1 heterocycles. The van der Waals surface area contributed by atoms with Crippen molar-refractivity contribution in [2.24, 2.45) is 0 Å². The largest absolute Gasteiger partial charge is 0.385 e. The lowest BCUT2D eigenvalue weighted by Gasteiger charge is -2.21. The fourth-order valence-electron chi connectivity index (χ4n) is 1.23. The third kappa shape index (κ3) is 2.32. The van der Waals surface area contributed by atoms with E-state index in [4.69, 9.17) is 0 Å². The molecule has 0 bridgehead atoms. The first-order valence-electron chi connectivity index (χ1n) is 4.43. The third-order valence-electron chi connectivity index (χ3n) is 2.07. The lowest BCUT2D eigenvalue weighted by molar-refractivity contribution is 0.0491. The molecular weight excluding hydrogens is 168 g/mol. The smallest absolute Gasteiger partial charge is 0.0959 e. The van der Waals surface area contributed by atoms with Crippen molar-refractivity contribution < 1.29 is 5.11 Å². The van der Waals surface area contributed by atoms with Gasteiger partial charge in [0.2, 0.25) is 0 Å². The van der Waals surface area contributed by atoms with Gasteiger partial charge in [-0.25, -0.2) is 0 Å². The van der Waals surface area contributed by atoms with Crippen molar-refractivity contribution in [3.63, 3.8) is 0 Å². The van der Waals surface area contributed by atoms with Gasteiger partial charge in [-0.05, 0) is 24.8 Å². The summed E-state index contributed by atoms with van der Waals surface area (Å²) < 4.78 is 0. The van der Waals surface area contributed by atoms with Crippen molar-refractivity contribution in [1.82, 2.24) is 0 Å². The summed E-state index contributed by atoms with van der Waals surface area (Å²) in [5, 5.41) is 12.0. The molecule has 12 heavy (non-hydrogen) atoms. The molecule has 0 saturated heterocycles. The monoisotopic (exact) mass is 184 g/mol. The minimum atomic E-state index is -0.607. The molecule has 68 valence electrons. The number of rotatable bonds is 4. The Bertz CT molecular complexity index is 214. The lowest BCUT2D eigenvalue weighted by atomic mass is 9.97. The Balaban J connectivity index is 2.59. The predicted molar refractivity (Wildman–Crippen MR) is 53.4 cm³/mol. The van der Waals surface area contributed by atoms with Gasteiger partial charge in [-0.15, -0.1) is 11.3 Å². The maximum absolute atomic E-state index is 10.0. The van der Waals surface area contributed by atoms with Gasteiger partial charge in [0, 0.05) is 4.88 Å². The predicted octanol–water partition coefficient (Wildman–Crippen LogP) is 3.15. The van der Waals surface area contributed by atoms with Crippen molar-refractivity contribution in [3.8, 4) is 0 Å². The molecule has 1 unspecified atom stereocenters. The first-order valence-corrected chi connectivity index (χ1v) is 5.31. The SMILES string of the molecule is CCCCC(C)(O)c1cccs1. The molecule has 1 nitrogen and oxygen atoms in total. The topological polar surface area (TPSA) is 20.2 Å². The van der Waals surface area contributed by atoms with Crippen LogP contribution in [0.15, 0.2) is 17.5 Å². The zero-order chi connectivity index (χ0) is 9.03. The zero-order valence-electron chi connectivity index (χ0n) is 7.71. The van der Waals surface area contributed by atoms with Crippen molar-refractivity contribution in [1.29, 1.82) is 0 Å². The van der Waals surface area contributed by atoms with E-state index < -0.39 is 5.60 Å². The second-order valence-electron chi connectivity index (χ2n) is 3.35. The van der Waals surface area contributed by atoms with Crippen LogP contribution in [-0.2, 0) is 5.60 Å². The van der Waals surface area contributed by atoms with Gasteiger partial charge in [-0.3, -0.25) is 0 Å². The average molecular weight is 184 g/mol. The third-order valence-corrected chi connectivity index (χ3v) is 3.19. The zero-order valence-corrected chi connectivity index (χ0v) is 8.53. The molecule has 1 aromatic rings. The van der Waals surface area contributed by atoms with Gasteiger partial charge in [0.05, 0.1) is 5.60 Å². The maximum Gasteiger partial charge on any atom is 0.0959 e. The van der Waals surface area contributed by atoms with Gasteiger partial charge < -0.3 is 5.11 Å². The Hall–Kier alpha value is -0.340. The highest BCUT2D eigenvalue weighted by Gasteiger charge is 2.22. The maximum atomic E-state index is 10.0. The molecule has 1 atom stereocenters. The van der Waals surface area contributed by atoms with E-state index in [1.54, 1.807) is 11.3 Å². The van der Waals surface area contributed by atoms with Crippen molar-refractivity contribution in [2.45, 2.75) is 38.7 Å². The molecule has 0 aliphatic rings. The summed E-state index contributed by atoms with van der Waals surface area (Å²) in [5.74, 6) is 0. The summed E-state index contributed by atoms with van der Waals surface area (Å²) in [7, 11) is 0. The van der Waals surface area contributed by atoms with Gasteiger partial charge in [-0.1, -0.05) is 25.8 Å². The first kappa shape index (κ1) is 9.75. The normalized spacial score (nSPS) is 15.9. The van der Waals surface area contributed by atoms with Crippen molar-refractivity contribution in [3.05, 3.63) is 22.4 Å². The Morgan fingerprint density at radius 2 is 2.33 bits per heavy atom. The minimum absolute atomic E-state index is 0.607. The van der Waals surface area contributed by atoms with Gasteiger partial charge >= 0.3 is 0 Å². The molecule has 2 heteroatoms. The summed E-state index contributed by atoms with van der Waals surface area (Å²) in [4.78, 5) is 1.08. The van der Waals surface area contributed by atoms with Gasteiger partial charge in [-0.2, -0.15) is 0 Å². The van der Waals surface area contributed by atoms with Crippen LogP contribution in [0.4, 0.5) is 0 Å². The molecule has 0 spiro atoms. The molecule has 0 fully saturated rings. The van der Waals surface area contributed by atoms with Crippen LogP contribution < -0.4 is 0 Å². The number of hydrogen-bond acceptors (Lipinski definition) is 2. The van der Waals surface area contributed by atoms with E-state index in [0.717, 1.165) is 24.1 Å². The molecule has 0 aliphatic heterocycles. The minimum Gasteiger partial charge on any atom is -0.385 e.